The van der Waals surface area contributed by atoms with Crippen LogP contribution in [0.2, 0.25) is 0 Å². The first-order chi connectivity index (χ1) is 16.5. The number of nitro groups is 1. The van der Waals surface area contributed by atoms with Gasteiger partial charge in [-0.05, 0) is 36.6 Å². The quantitative estimate of drug-likeness (QED) is 0.194. The van der Waals surface area contributed by atoms with Gasteiger partial charge in [0.2, 0.25) is 0 Å². The van der Waals surface area contributed by atoms with Gasteiger partial charge in [-0.1, -0.05) is 29.5 Å². The lowest BCUT2D eigenvalue weighted by atomic mass is 10.2. The van der Waals surface area contributed by atoms with E-state index in [9.17, 15) is 14.9 Å². The maximum Gasteiger partial charge on any atom is 0.270 e. The van der Waals surface area contributed by atoms with Crippen molar-refractivity contribution in [3.63, 3.8) is 0 Å². The number of benzene rings is 2. The van der Waals surface area contributed by atoms with Crippen molar-refractivity contribution >= 4 is 44.4 Å². The third-order valence-electron chi connectivity index (χ3n) is 5.27. The average molecular weight is 478 g/mol. The monoisotopic (exact) mass is 477 g/mol. The molecular weight excluding hydrogens is 454 g/mol. The number of non-ortho nitro benzene ring substituents is 1. The Balaban J connectivity index is 1.63. The second kappa shape index (κ2) is 10.3. The molecule has 0 saturated carbocycles. The molecule has 1 amide bonds. The number of carbonyl (C=O) groups is 1. The van der Waals surface area contributed by atoms with Crippen LogP contribution in [0.3, 0.4) is 0 Å². The third-order valence-corrected chi connectivity index (χ3v) is 6.48. The van der Waals surface area contributed by atoms with E-state index in [-0.39, 0.29) is 11.6 Å². The maximum absolute atomic E-state index is 13.3. The summed E-state index contributed by atoms with van der Waals surface area (Å²) in [6.45, 7) is 3.14. The summed E-state index contributed by atoms with van der Waals surface area (Å²) in [6.07, 6.45) is 9.02. The number of methoxy groups -OCH3 is 1. The summed E-state index contributed by atoms with van der Waals surface area (Å²) in [7, 11) is 1.60. The molecule has 2 aromatic heterocycles. The van der Waals surface area contributed by atoms with Crippen LogP contribution >= 0.6 is 11.3 Å². The molecule has 0 N–H and O–H groups in total. The molecule has 0 aliphatic rings. The number of nitrogens with zero attached hydrogens (tertiary/aromatic N) is 5. The predicted octanol–water partition coefficient (Wildman–Crippen LogP) is 4.85. The van der Waals surface area contributed by atoms with Crippen molar-refractivity contribution in [2.45, 2.75) is 19.9 Å². The zero-order valence-corrected chi connectivity index (χ0v) is 19.6. The number of imidazole rings is 1. The number of rotatable bonds is 9. The van der Waals surface area contributed by atoms with Crippen LogP contribution in [0.5, 0.6) is 5.75 Å². The number of nitro benzene ring substituents is 1. The van der Waals surface area contributed by atoms with Crippen molar-refractivity contribution in [1.82, 2.24) is 14.5 Å². The van der Waals surface area contributed by atoms with Gasteiger partial charge in [-0.25, -0.2) is 9.97 Å². The molecule has 0 fully saturated rings. The Morgan fingerprint density at radius 3 is 2.91 bits per heavy atom. The lowest BCUT2D eigenvalue weighted by Gasteiger charge is -2.18. The Labute approximate surface area is 200 Å². The number of fused-ring (bicyclic) bond motifs is 1. The maximum atomic E-state index is 13.3. The number of thiazole rings is 1. The highest BCUT2D eigenvalue weighted by molar-refractivity contribution is 7.22. The van der Waals surface area contributed by atoms with Crippen LogP contribution in [0.4, 0.5) is 10.8 Å². The van der Waals surface area contributed by atoms with E-state index in [2.05, 4.69) is 4.98 Å². The molecule has 0 atom stereocenters. The topological polar surface area (TPSA) is 103 Å². The summed E-state index contributed by atoms with van der Waals surface area (Å²) < 4.78 is 8.38. The van der Waals surface area contributed by atoms with E-state index in [4.69, 9.17) is 9.72 Å². The molecule has 34 heavy (non-hydrogen) atoms. The molecule has 9 nitrogen and oxygen atoms in total. The second-order valence-electron chi connectivity index (χ2n) is 7.59. The molecule has 4 rings (SSSR count). The molecule has 0 unspecified atom stereocenters. The van der Waals surface area contributed by atoms with Crippen LogP contribution in [-0.4, -0.2) is 39.0 Å². The smallest absolute Gasteiger partial charge is 0.270 e. The van der Waals surface area contributed by atoms with E-state index in [0.717, 1.165) is 15.8 Å². The van der Waals surface area contributed by atoms with Crippen molar-refractivity contribution in [2.75, 3.05) is 18.6 Å². The molecular formula is C24H23N5O4S. The zero-order chi connectivity index (χ0) is 24.1. The number of anilines is 1. The summed E-state index contributed by atoms with van der Waals surface area (Å²) in [5.74, 6) is 0.397. The van der Waals surface area contributed by atoms with Gasteiger partial charge in [0.1, 0.15) is 11.3 Å². The van der Waals surface area contributed by atoms with E-state index >= 15 is 0 Å². The Hall–Kier alpha value is -4.05. The largest absolute Gasteiger partial charge is 0.494 e. The lowest BCUT2D eigenvalue weighted by Crippen LogP contribution is -2.30. The van der Waals surface area contributed by atoms with E-state index in [1.165, 1.54) is 29.5 Å². The lowest BCUT2D eigenvalue weighted by molar-refractivity contribution is -0.384. The van der Waals surface area contributed by atoms with Gasteiger partial charge < -0.3 is 9.30 Å². The highest BCUT2D eigenvalue weighted by atomic mass is 32.1. The predicted molar refractivity (Wildman–Crippen MR) is 132 cm³/mol. The molecule has 2 aromatic carbocycles. The molecule has 10 heteroatoms. The molecule has 0 radical (unpaired) electrons. The van der Waals surface area contributed by atoms with E-state index in [0.29, 0.717) is 36.0 Å². The SMILES string of the molecule is COc1ccc(C)c2sc(N(CCCn3ccnc3)C(=O)/C=C/c3cccc([N+](=O)[O-])c3)nc12. The minimum Gasteiger partial charge on any atom is -0.494 e. The third kappa shape index (κ3) is 5.12. The van der Waals surface area contributed by atoms with Gasteiger partial charge >= 0.3 is 0 Å². The van der Waals surface area contributed by atoms with Crippen LogP contribution in [0, 0.1) is 17.0 Å². The molecule has 0 bridgehead atoms. The molecule has 0 saturated heterocycles. The Morgan fingerprint density at radius 2 is 2.18 bits per heavy atom. The summed E-state index contributed by atoms with van der Waals surface area (Å²) >= 11 is 1.44. The van der Waals surface area contributed by atoms with Gasteiger partial charge in [0, 0.05) is 43.7 Å². The van der Waals surface area contributed by atoms with Gasteiger partial charge in [0.05, 0.1) is 23.1 Å². The molecule has 4 aromatic rings. The summed E-state index contributed by atoms with van der Waals surface area (Å²) in [6, 6.07) is 9.99. The summed E-state index contributed by atoms with van der Waals surface area (Å²) in [4.78, 5) is 34.3. The van der Waals surface area contributed by atoms with Crippen LogP contribution in [0.25, 0.3) is 16.3 Å². The van der Waals surface area contributed by atoms with Crippen molar-refractivity contribution < 1.29 is 14.5 Å². The van der Waals surface area contributed by atoms with E-state index < -0.39 is 4.92 Å². The van der Waals surface area contributed by atoms with Crippen LogP contribution in [0.15, 0.2) is 61.2 Å². The summed E-state index contributed by atoms with van der Waals surface area (Å²) in [5, 5.41) is 11.6. The van der Waals surface area contributed by atoms with E-state index in [1.807, 2.05) is 29.8 Å². The summed E-state index contributed by atoms with van der Waals surface area (Å²) in [5.41, 5.74) is 2.32. The first-order valence-corrected chi connectivity index (χ1v) is 11.4. The molecule has 0 spiro atoms. The standard InChI is InChI=1S/C24H23N5O4S/c1-17-7-9-20(33-2)22-23(17)34-24(26-22)28(13-4-12-27-14-11-25-16-27)21(30)10-8-18-5-3-6-19(15-18)29(31)32/h3,5-11,14-16H,4,12-13H2,1-2H3/b10-8+. The minimum atomic E-state index is -0.460. The number of aryl methyl sites for hydroxylation is 2. The fraction of sp³-hybridized carbons (Fsp3) is 0.208. The molecule has 0 aliphatic carbocycles. The number of ether oxygens (including phenoxy) is 1. The van der Waals surface area contributed by atoms with Gasteiger partial charge in [-0.15, -0.1) is 0 Å². The number of amides is 1. The number of hydrogen-bond donors (Lipinski definition) is 0. The van der Waals surface area contributed by atoms with Gasteiger partial charge in [0.25, 0.3) is 11.6 Å². The number of aromatic nitrogens is 3. The first kappa shape index (κ1) is 23.1. The van der Waals surface area contributed by atoms with Crippen molar-refractivity contribution in [3.8, 4) is 5.75 Å². The molecule has 174 valence electrons. The Kier molecular flexibility index (Phi) is 6.98. The van der Waals surface area contributed by atoms with Crippen molar-refractivity contribution in [1.29, 1.82) is 0 Å². The van der Waals surface area contributed by atoms with Gasteiger partial charge in [-0.3, -0.25) is 19.8 Å². The van der Waals surface area contributed by atoms with Crippen LogP contribution < -0.4 is 9.64 Å². The molecule has 2 heterocycles. The van der Waals surface area contributed by atoms with Crippen molar-refractivity contribution in [3.05, 3.63) is 82.4 Å². The normalized spacial score (nSPS) is 11.2. The first-order valence-electron chi connectivity index (χ1n) is 10.6. The highest BCUT2D eigenvalue weighted by Crippen LogP contribution is 2.36. The number of hydrogen-bond acceptors (Lipinski definition) is 7. The number of carbonyl (C=O) groups excluding carboxylic acids is 1. The van der Waals surface area contributed by atoms with Gasteiger partial charge in [0.15, 0.2) is 5.13 Å². The Morgan fingerprint density at radius 1 is 1.32 bits per heavy atom. The van der Waals surface area contributed by atoms with E-state index in [1.54, 1.807) is 42.7 Å². The zero-order valence-electron chi connectivity index (χ0n) is 18.7. The van der Waals surface area contributed by atoms with Gasteiger partial charge in [-0.2, -0.15) is 0 Å². The fourth-order valence-electron chi connectivity index (χ4n) is 3.51. The Bertz CT molecular complexity index is 1350. The second-order valence-corrected chi connectivity index (χ2v) is 8.57. The minimum absolute atomic E-state index is 0.0273. The van der Waals surface area contributed by atoms with Crippen molar-refractivity contribution in [2.24, 2.45) is 0 Å². The van der Waals surface area contributed by atoms with Crippen LogP contribution in [-0.2, 0) is 11.3 Å². The fourth-order valence-corrected chi connectivity index (χ4v) is 4.59. The average Bonchev–Trinajstić information content (AvgIpc) is 3.51. The van der Waals surface area contributed by atoms with Crippen LogP contribution in [0.1, 0.15) is 17.5 Å². The highest BCUT2D eigenvalue weighted by Gasteiger charge is 2.20. The molecule has 0 aliphatic heterocycles.